The third kappa shape index (κ3) is 2.78. The van der Waals surface area contributed by atoms with Crippen molar-refractivity contribution in [1.82, 2.24) is 10.3 Å². The van der Waals surface area contributed by atoms with Crippen molar-refractivity contribution >= 4 is 23.2 Å². The van der Waals surface area contributed by atoms with Crippen LogP contribution in [0.15, 0.2) is 6.20 Å². The van der Waals surface area contributed by atoms with E-state index in [1.54, 1.807) is 13.8 Å². The molecule has 1 aromatic heterocycles. The van der Waals surface area contributed by atoms with Crippen LogP contribution < -0.4 is 5.32 Å². The zero-order chi connectivity index (χ0) is 14.2. The van der Waals surface area contributed by atoms with E-state index in [0.29, 0.717) is 10.8 Å². The van der Waals surface area contributed by atoms with Crippen molar-refractivity contribution in [3.8, 4) is 0 Å². The lowest BCUT2D eigenvalue weighted by molar-refractivity contribution is -0.145. The molecular formula is C13H18N2O3S. The number of carbonyl (C=O) groups excluding carboxylic acids is 1. The molecule has 0 aliphatic heterocycles. The number of hydrogen-bond acceptors (Lipinski definition) is 4. The summed E-state index contributed by atoms with van der Waals surface area (Å²) in [5.41, 5.74) is -1.26. The van der Waals surface area contributed by atoms with E-state index < -0.39 is 11.5 Å². The maximum Gasteiger partial charge on any atom is 0.329 e. The van der Waals surface area contributed by atoms with Gasteiger partial charge in [0.25, 0.3) is 5.91 Å². The number of rotatable bonds is 5. The molecule has 1 atom stereocenters. The second kappa shape index (κ2) is 4.92. The van der Waals surface area contributed by atoms with Gasteiger partial charge in [0.1, 0.15) is 10.4 Å². The molecule has 1 fully saturated rings. The molecule has 1 aliphatic rings. The van der Waals surface area contributed by atoms with E-state index in [0.717, 1.165) is 17.8 Å². The number of amides is 1. The van der Waals surface area contributed by atoms with Gasteiger partial charge in [-0.1, -0.05) is 13.8 Å². The first-order valence-corrected chi connectivity index (χ1v) is 7.18. The number of carbonyl (C=O) groups is 2. The Morgan fingerprint density at radius 1 is 1.53 bits per heavy atom. The summed E-state index contributed by atoms with van der Waals surface area (Å²) in [7, 11) is 0. The van der Waals surface area contributed by atoms with Gasteiger partial charge in [0.05, 0.1) is 11.2 Å². The van der Waals surface area contributed by atoms with Crippen molar-refractivity contribution in [3.63, 3.8) is 0 Å². The molecule has 0 aromatic carbocycles. The quantitative estimate of drug-likeness (QED) is 0.868. The molecule has 5 nitrogen and oxygen atoms in total. The zero-order valence-electron chi connectivity index (χ0n) is 11.3. The van der Waals surface area contributed by atoms with E-state index in [-0.39, 0.29) is 11.8 Å². The lowest BCUT2D eigenvalue weighted by atomic mass is 9.88. The fourth-order valence-electron chi connectivity index (χ4n) is 1.65. The van der Waals surface area contributed by atoms with Gasteiger partial charge in [0, 0.05) is 5.92 Å². The third-order valence-corrected chi connectivity index (χ3v) is 4.80. The van der Waals surface area contributed by atoms with Gasteiger partial charge in [-0.25, -0.2) is 9.78 Å². The van der Waals surface area contributed by atoms with Gasteiger partial charge in [0.2, 0.25) is 0 Å². The van der Waals surface area contributed by atoms with E-state index >= 15 is 0 Å². The summed E-state index contributed by atoms with van der Waals surface area (Å²) in [6.45, 7) is 5.08. The van der Waals surface area contributed by atoms with Crippen LogP contribution in [0.2, 0.25) is 0 Å². The van der Waals surface area contributed by atoms with Crippen molar-refractivity contribution in [3.05, 3.63) is 16.1 Å². The molecule has 1 aliphatic carbocycles. The normalized spacial score (nSPS) is 18.1. The number of aromatic nitrogens is 1. The van der Waals surface area contributed by atoms with Crippen LogP contribution in [0.3, 0.4) is 0 Å². The predicted molar refractivity (Wildman–Crippen MR) is 72.4 cm³/mol. The molecule has 1 heterocycles. The SMILES string of the molecule is CC(C)[C@@](C)(NC(=O)c1cnc(C2CC2)s1)C(=O)O. The smallest absolute Gasteiger partial charge is 0.329 e. The van der Waals surface area contributed by atoms with Gasteiger partial charge in [-0.05, 0) is 25.7 Å². The maximum atomic E-state index is 12.1. The molecule has 1 saturated carbocycles. The summed E-state index contributed by atoms with van der Waals surface area (Å²) >= 11 is 1.36. The Kier molecular flexibility index (Phi) is 3.62. The zero-order valence-corrected chi connectivity index (χ0v) is 12.1. The minimum Gasteiger partial charge on any atom is -0.480 e. The van der Waals surface area contributed by atoms with Crippen molar-refractivity contribution in [2.24, 2.45) is 5.92 Å². The minimum absolute atomic E-state index is 0.204. The van der Waals surface area contributed by atoms with Gasteiger partial charge in [-0.2, -0.15) is 0 Å². The summed E-state index contributed by atoms with van der Waals surface area (Å²) < 4.78 is 0. The van der Waals surface area contributed by atoms with E-state index in [4.69, 9.17) is 0 Å². The Morgan fingerprint density at radius 2 is 2.16 bits per heavy atom. The molecule has 6 heteroatoms. The lowest BCUT2D eigenvalue weighted by Crippen LogP contribution is -2.55. The van der Waals surface area contributed by atoms with Gasteiger partial charge < -0.3 is 10.4 Å². The van der Waals surface area contributed by atoms with Gasteiger partial charge in [-0.15, -0.1) is 11.3 Å². The predicted octanol–water partition coefficient (Wildman–Crippen LogP) is 2.25. The average molecular weight is 282 g/mol. The second-order valence-corrected chi connectivity index (χ2v) is 6.52. The standard InChI is InChI=1S/C13H18N2O3S/c1-7(2)13(3,12(17)18)15-10(16)9-6-14-11(19-9)8-4-5-8/h6-8H,4-5H2,1-3H3,(H,15,16)(H,17,18)/t13-/m1/s1. The largest absolute Gasteiger partial charge is 0.480 e. The highest BCUT2D eigenvalue weighted by molar-refractivity contribution is 7.13. The van der Waals surface area contributed by atoms with Crippen molar-refractivity contribution in [1.29, 1.82) is 0 Å². The summed E-state index contributed by atoms with van der Waals surface area (Å²) in [5.74, 6) is -1.09. The molecule has 0 bridgehead atoms. The Balaban J connectivity index is 2.12. The van der Waals surface area contributed by atoms with E-state index in [1.807, 2.05) is 0 Å². The highest BCUT2D eigenvalue weighted by Crippen LogP contribution is 2.41. The third-order valence-electron chi connectivity index (χ3n) is 3.65. The Morgan fingerprint density at radius 3 is 2.63 bits per heavy atom. The minimum atomic E-state index is -1.26. The summed E-state index contributed by atoms with van der Waals surface area (Å²) in [4.78, 5) is 28.2. The van der Waals surface area contributed by atoms with Crippen LogP contribution in [-0.4, -0.2) is 27.5 Å². The van der Waals surface area contributed by atoms with Crippen LogP contribution in [0.4, 0.5) is 0 Å². The van der Waals surface area contributed by atoms with E-state index in [1.165, 1.54) is 24.5 Å². The van der Waals surface area contributed by atoms with E-state index in [2.05, 4.69) is 10.3 Å². The highest BCUT2D eigenvalue weighted by Gasteiger charge is 2.39. The molecule has 1 amide bonds. The first kappa shape index (κ1) is 14.0. The van der Waals surface area contributed by atoms with Crippen LogP contribution in [-0.2, 0) is 4.79 Å². The van der Waals surface area contributed by atoms with Gasteiger partial charge in [0.15, 0.2) is 0 Å². The highest BCUT2D eigenvalue weighted by atomic mass is 32.1. The summed E-state index contributed by atoms with van der Waals surface area (Å²) in [5, 5.41) is 12.9. The molecule has 0 unspecified atom stereocenters. The number of carboxylic acids is 1. The van der Waals surface area contributed by atoms with Crippen molar-refractivity contribution in [2.45, 2.75) is 45.1 Å². The number of carboxylic acid groups (broad SMARTS) is 1. The first-order chi connectivity index (χ1) is 8.84. The second-order valence-electron chi connectivity index (χ2n) is 5.45. The van der Waals surface area contributed by atoms with Crippen LogP contribution in [0.1, 0.15) is 54.2 Å². The Hall–Kier alpha value is -1.43. The molecule has 0 radical (unpaired) electrons. The number of thiazole rings is 1. The molecule has 104 valence electrons. The molecule has 2 rings (SSSR count). The van der Waals surface area contributed by atoms with Gasteiger partial charge in [-0.3, -0.25) is 4.79 Å². The fourth-order valence-corrected chi connectivity index (χ4v) is 2.64. The maximum absolute atomic E-state index is 12.1. The topological polar surface area (TPSA) is 79.3 Å². The number of nitrogens with one attached hydrogen (secondary N) is 1. The summed E-state index contributed by atoms with van der Waals surface area (Å²) in [6, 6.07) is 0. The molecule has 2 N–H and O–H groups in total. The first-order valence-electron chi connectivity index (χ1n) is 6.36. The van der Waals surface area contributed by atoms with Crippen molar-refractivity contribution < 1.29 is 14.7 Å². The lowest BCUT2D eigenvalue weighted by Gasteiger charge is -2.29. The molecule has 19 heavy (non-hydrogen) atoms. The van der Waals surface area contributed by atoms with Crippen LogP contribution in [0, 0.1) is 5.92 Å². The molecule has 0 spiro atoms. The average Bonchev–Trinajstić information content (AvgIpc) is 3.06. The Bertz CT molecular complexity index is 508. The summed E-state index contributed by atoms with van der Waals surface area (Å²) in [6.07, 6.45) is 3.80. The molecule has 0 saturated heterocycles. The molecular weight excluding hydrogens is 264 g/mol. The fraction of sp³-hybridized carbons (Fsp3) is 0.615. The van der Waals surface area contributed by atoms with Crippen LogP contribution in [0.25, 0.3) is 0 Å². The van der Waals surface area contributed by atoms with Crippen LogP contribution in [0.5, 0.6) is 0 Å². The number of hydrogen-bond donors (Lipinski definition) is 2. The van der Waals surface area contributed by atoms with Crippen LogP contribution >= 0.6 is 11.3 Å². The Labute approximate surface area is 116 Å². The van der Waals surface area contributed by atoms with Crippen molar-refractivity contribution in [2.75, 3.05) is 0 Å². The monoisotopic (exact) mass is 282 g/mol. The number of nitrogens with zero attached hydrogens (tertiary/aromatic N) is 1. The number of aliphatic carboxylic acids is 1. The molecule has 1 aromatic rings. The van der Waals surface area contributed by atoms with Gasteiger partial charge >= 0.3 is 5.97 Å². The van der Waals surface area contributed by atoms with E-state index in [9.17, 15) is 14.7 Å².